The minimum Gasteiger partial charge on any atom is -0.478 e. The summed E-state index contributed by atoms with van der Waals surface area (Å²) in [5, 5.41) is 9.30. The molecule has 24 heavy (non-hydrogen) atoms. The van der Waals surface area contributed by atoms with Crippen molar-refractivity contribution in [3.8, 4) is 0 Å². The van der Waals surface area contributed by atoms with Crippen molar-refractivity contribution in [2.45, 2.75) is 12.5 Å². The molecule has 0 saturated carbocycles. The second kappa shape index (κ2) is 6.20. The summed E-state index contributed by atoms with van der Waals surface area (Å²) in [7, 11) is -1.35. The quantitative estimate of drug-likeness (QED) is 0.830. The molecule has 0 saturated heterocycles. The number of carbonyl (C=O) groups excluding carboxylic acids is 1. The summed E-state index contributed by atoms with van der Waals surface area (Å²) >= 11 is 0. The van der Waals surface area contributed by atoms with Crippen LogP contribution in [0.15, 0.2) is 53.1 Å². The highest BCUT2D eigenvalue weighted by Gasteiger charge is 2.42. The van der Waals surface area contributed by atoms with Crippen LogP contribution in [0, 0.1) is 0 Å². The number of carboxylic acids is 1. The maximum absolute atomic E-state index is 13.0. The van der Waals surface area contributed by atoms with Gasteiger partial charge in [-0.25, -0.2) is 4.79 Å². The van der Waals surface area contributed by atoms with Crippen LogP contribution >= 0.6 is 0 Å². The molecular weight excluding hydrogens is 326 g/mol. The predicted molar refractivity (Wildman–Crippen MR) is 92.8 cm³/mol. The summed E-state index contributed by atoms with van der Waals surface area (Å²) < 4.78 is 12.1. The van der Waals surface area contributed by atoms with Gasteiger partial charge in [0.2, 0.25) is 0 Å². The fraction of sp³-hybridized carbons (Fsp3) is 0.222. The van der Waals surface area contributed by atoms with Crippen LogP contribution < -0.4 is 0 Å². The highest BCUT2D eigenvalue weighted by Crippen LogP contribution is 2.37. The number of fused-ring (bicyclic) bond motifs is 1. The Bertz CT molecular complexity index is 820. The van der Waals surface area contributed by atoms with E-state index in [1.165, 1.54) is 6.26 Å². The molecule has 2 heterocycles. The van der Waals surface area contributed by atoms with Gasteiger partial charge in [0.05, 0.1) is 5.57 Å². The Balaban J connectivity index is 2.01. The number of nitrogens with zero attached hydrogens (tertiary/aromatic N) is 1. The molecule has 0 fully saturated rings. The number of Topliss-reactive ketones (excluding diaryl/α,β-unsaturated/α-hetero) is 1. The van der Waals surface area contributed by atoms with Gasteiger partial charge in [-0.1, -0.05) is 36.9 Å². The standard InChI is InChI=1S/C18H17NO4S/c1-3-11-4-6-12(7-5-11)17(20)16-15(24(2)23)10-14-13(18(21)22)8-9-19(14)16/h3-7,10,16H,1,8-9H2,2H3,(H,21,22). The molecule has 3 rings (SSSR count). The van der Waals surface area contributed by atoms with Crippen LogP contribution in [0.2, 0.25) is 0 Å². The molecule has 2 unspecified atom stereocenters. The van der Waals surface area contributed by atoms with Gasteiger partial charge in [0.25, 0.3) is 0 Å². The minimum absolute atomic E-state index is 0.172. The van der Waals surface area contributed by atoms with Gasteiger partial charge in [-0.05, 0) is 18.1 Å². The Kier molecular flexibility index (Phi) is 4.24. The smallest absolute Gasteiger partial charge is 0.333 e. The maximum atomic E-state index is 13.0. The van der Waals surface area contributed by atoms with E-state index in [0.717, 1.165) is 5.56 Å². The molecule has 0 amide bonds. The zero-order valence-corrected chi connectivity index (χ0v) is 14.0. The predicted octanol–water partition coefficient (Wildman–Crippen LogP) is 2.20. The average molecular weight is 343 g/mol. The molecule has 0 aromatic heterocycles. The lowest BCUT2D eigenvalue weighted by Crippen LogP contribution is -2.37. The van der Waals surface area contributed by atoms with Crippen molar-refractivity contribution in [1.82, 2.24) is 4.90 Å². The summed E-state index contributed by atoms with van der Waals surface area (Å²) in [6.45, 7) is 4.12. The molecule has 0 bridgehead atoms. The third-order valence-corrected chi connectivity index (χ3v) is 5.36. The van der Waals surface area contributed by atoms with E-state index in [1.807, 2.05) is 0 Å². The number of hydrogen-bond donors (Lipinski definition) is 1. The molecular formula is C18H17NO4S. The summed E-state index contributed by atoms with van der Waals surface area (Å²) in [6.07, 6.45) is 5.18. The van der Waals surface area contributed by atoms with E-state index < -0.39 is 22.8 Å². The van der Waals surface area contributed by atoms with E-state index >= 15 is 0 Å². The highest BCUT2D eigenvalue weighted by molar-refractivity contribution is 7.88. The van der Waals surface area contributed by atoms with Crippen molar-refractivity contribution < 1.29 is 18.9 Å². The number of benzene rings is 1. The zero-order chi connectivity index (χ0) is 17.4. The van der Waals surface area contributed by atoms with Gasteiger partial charge in [0.1, 0.15) is 6.04 Å². The van der Waals surface area contributed by atoms with Gasteiger partial charge >= 0.3 is 5.97 Å². The Morgan fingerprint density at radius 2 is 2.00 bits per heavy atom. The number of carboxylic acid groups (broad SMARTS) is 1. The molecule has 2 aliphatic heterocycles. The van der Waals surface area contributed by atoms with Gasteiger partial charge in [-0.15, -0.1) is 0 Å². The van der Waals surface area contributed by atoms with Gasteiger partial charge < -0.3 is 10.0 Å². The number of carbonyl (C=O) groups is 2. The Hall–Kier alpha value is -2.47. The molecule has 124 valence electrons. The van der Waals surface area contributed by atoms with E-state index in [9.17, 15) is 18.9 Å². The lowest BCUT2D eigenvalue weighted by atomic mass is 10.0. The molecule has 1 aromatic rings. The van der Waals surface area contributed by atoms with Crippen molar-refractivity contribution in [1.29, 1.82) is 0 Å². The molecule has 0 radical (unpaired) electrons. The van der Waals surface area contributed by atoms with Crippen LogP contribution in [0.3, 0.4) is 0 Å². The zero-order valence-electron chi connectivity index (χ0n) is 13.2. The molecule has 0 spiro atoms. The van der Waals surface area contributed by atoms with Gasteiger partial charge in [-0.3, -0.25) is 9.00 Å². The number of allylic oxidation sites excluding steroid dienone is 1. The van der Waals surface area contributed by atoms with Crippen LogP contribution in [0.5, 0.6) is 0 Å². The van der Waals surface area contributed by atoms with Crippen molar-refractivity contribution in [2.75, 3.05) is 12.8 Å². The summed E-state index contributed by atoms with van der Waals surface area (Å²) in [6, 6.07) is 6.32. The maximum Gasteiger partial charge on any atom is 0.333 e. The van der Waals surface area contributed by atoms with Gasteiger partial charge in [0.15, 0.2) is 5.78 Å². The molecule has 2 aliphatic rings. The first-order chi connectivity index (χ1) is 11.4. The first-order valence-electron chi connectivity index (χ1n) is 7.49. The normalized spacial score (nSPS) is 20.6. The molecule has 0 aliphatic carbocycles. The van der Waals surface area contributed by atoms with E-state index in [-0.39, 0.29) is 11.4 Å². The number of ketones is 1. The summed E-state index contributed by atoms with van der Waals surface area (Å²) in [5.41, 5.74) is 2.19. The van der Waals surface area contributed by atoms with Crippen LogP contribution in [0.1, 0.15) is 22.3 Å². The Labute approximate surface area is 142 Å². The highest BCUT2D eigenvalue weighted by atomic mass is 32.2. The molecule has 1 aromatic carbocycles. The molecule has 5 nitrogen and oxygen atoms in total. The average Bonchev–Trinajstić information content (AvgIpc) is 3.12. The van der Waals surface area contributed by atoms with E-state index in [1.54, 1.807) is 41.3 Å². The Morgan fingerprint density at radius 1 is 1.33 bits per heavy atom. The SMILES string of the molecule is C=Cc1ccc(C(=O)C2C(S(C)=O)=CC3=C(C(=O)O)CCN32)cc1. The fourth-order valence-corrected chi connectivity index (χ4v) is 3.95. The lowest BCUT2D eigenvalue weighted by Gasteiger charge is -2.25. The largest absolute Gasteiger partial charge is 0.478 e. The molecule has 2 atom stereocenters. The molecule has 1 N–H and O–H groups in total. The van der Waals surface area contributed by atoms with Gasteiger partial charge in [-0.2, -0.15) is 0 Å². The minimum atomic E-state index is -1.35. The first kappa shape index (κ1) is 16.4. The van der Waals surface area contributed by atoms with Crippen LogP contribution in [0.25, 0.3) is 6.08 Å². The van der Waals surface area contributed by atoms with E-state index in [0.29, 0.717) is 29.1 Å². The summed E-state index contributed by atoms with van der Waals surface area (Å²) in [5.74, 6) is -1.16. The fourth-order valence-electron chi connectivity index (χ4n) is 3.13. The Morgan fingerprint density at radius 3 is 2.54 bits per heavy atom. The second-order valence-corrected chi connectivity index (χ2v) is 7.09. The van der Waals surface area contributed by atoms with Crippen LogP contribution in [0.4, 0.5) is 0 Å². The third-order valence-electron chi connectivity index (χ3n) is 4.35. The third kappa shape index (κ3) is 2.63. The van der Waals surface area contributed by atoms with Crippen molar-refractivity contribution in [3.63, 3.8) is 0 Å². The summed E-state index contributed by atoms with van der Waals surface area (Å²) in [4.78, 5) is 26.5. The van der Waals surface area contributed by atoms with Crippen molar-refractivity contribution >= 4 is 28.6 Å². The second-order valence-electron chi connectivity index (χ2n) is 5.71. The van der Waals surface area contributed by atoms with Crippen molar-refractivity contribution in [3.05, 3.63) is 64.2 Å². The molecule has 6 heteroatoms. The number of rotatable bonds is 5. The van der Waals surface area contributed by atoms with E-state index in [2.05, 4.69) is 6.58 Å². The lowest BCUT2D eigenvalue weighted by molar-refractivity contribution is -0.132. The van der Waals surface area contributed by atoms with E-state index in [4.69, 9.17) is 0 Å². The van der Waals surface area contributed by atoms with Gasteiger partial charge in [0, 0.05) is 39.8 Å². The van der Waals surface area contributed by atoms with Crippen molar-refractivity contribution in [2.24, 2.45) is 0 Å². The monoisotopic (exact) mass is 343 g/mol. The first-order valence-corrected chi connectivity index (χ1v) is 9.04. The van der Waals surface area contributed by atoms with Crippen LogP contribution in [-0.4, -0.2) is 44.8 Å². The topological polar surface area (TPSA) is 74.7 Å². The number of aliphatic carboxylic acids is 1. The number of hydrogen-bond acceptors (Lipinski definition) is 4. The van der Waals surface area contributed by atoms with Crippen LogP contribution in [-0.2, 0) is 15.6 Å².